The summed E-state index contributed by atoms with van der Waals surface area (Å²) in [6.07, 6.45) is -37.6. The van der Waals surface area contributed by atoms with Crippen LogP contribution in [0, 0.1) is 0 Å². The third-order valence-corrected chi connectivity index (χ3v) is 12.9. The minimum Gasteiger partial charge on any atom is -0.394 e. The van der Waals surface area contributed by atoms with E-state index >= 15 is 0 Å². The molecule has 0 amide bonds. The largest absolute Gasteiger partial charge is 0.394 e. The SMILES string of the molecule is N[C@H]1[C@H](O[C@H]2[C@H](O)[C@@H](N)[C@H](O[C@H]3[C@H](O)[C@@H](N)[C@H](O[C@H]4[C@H](O)[C@@H](N)[C@H](O[C@H]5[C@H](O)[C@@H](N)[C@H](O[C@H]6[C@H](O)[C@@H](N)C(O)O[C@@H]6CO)O[C@@H]5CO)O[C@@H]4CO)O[C@@H]3CO)O[C@@H]2CO)O[C@H](CO)[C@@H](O)[C@@H]1O. The summed E-state index contributed by atoms with van der Waals surface area (Å²) in [6.45, 7) is -4.85. The van der Waals surface area contributed by atoms with E-state index in [1.165, 1.54) is 0 Å². The summed E-state index contributed by atoms with van der Waals surface area (Å²) in [7, 11) is 0. The maximum absolute atomic E-state index is 11.4. The molecule has 6 rings (SSSR count). The number of aliphatic hydroxyl groups is 14. The van der Waals surface area contributed by atoms with Gasteiger partial charge >= 0.3 is 0 Å². The predicted octanol–water partition coefficient (Wildman–Crippen LogP) is -14.3. The number of rotatable bonds is 16. The van der Waals surface area contributed by atoms with Crippen molar-refractivity contribution in [2.45, 2.75) is 184 Å². The van der Waals surface area contributed by atoms with Crippen molar-refractivity contribution < 1.29 is 124 Å². The molecule has 6 heterocycles. The second-order valence-electron chi connectivity index (χ2n) is 17.3. The zero-order valence-corrected chi connectivity index (χ0v) is 35.8. The predicted molar refractivity (Wildman–Crippen MR) is 211 cm³/mol. The first kappa shape index (κ1) is 55.1. The molecule has 0 saturated carbocycles. The van der Waals surface area contributed by atoms with Gasteiger partial charge in [0.05, 0.1) is 75.9 Å². The van der Waals surface area contributed by atoms with Crippen molar-refractivity contribution in [3.05, 3.63) is 0 Å². The standard InChI is InChI=1S/C36H68N6O25/c37-13-21(51)26(8(2-44)57-31(13)56)63-33-15(39)23(53)28(10(4-46)59-33)65-35-17(41)25(55)30(12(6-48)61-35)67-36-18(42)24(54)29(11(5-47)62-36)66-34-16(40)22(52)27(9(3-45)60-34)64-32-14(38)20(50)19(49)7(1-43)58-32/h7-36,43-56H,1-6,37-42H2/t7-,8-,9-,10-,11-,12-,13-,14-,15-,16-,17-,18-,19-,20-,21-,22-,23-,24-,25-,26-,27-,28-,29-,30-,31?,32+,33+,34+,35+,36+/m1/s1. The Labute approximate surface area is 381 Å². The molecule has 6 aliphatic rings. The highest BCUT2D eigenvalue weighted by atomic mass is 16.8. The molecule has 31 heteroatoms. The van der Waals surface area contributed by atoms with Gasteiger partial charge in [0.25, 0.3) is 0 Å². The maximum Gasteiger partial charge on any atom is 0.176 e. The number of nitrogens with two attached hydrogens (primary N) is 6. The molecular formula is C36H68N6O25. The smallest absolute Gasteiger partial charge is 0.176 e. The first-order chi connectivity index (χ1) is 31.8. The summed E-state index contributed by atoms with van der Waals surface area (Å²) >= 11 is 0. The normalized spacial score (nSPS) is 53.4. The van der Waals surface area contributed by atoms with Crippen LogP contribution >= 0.6 is 0 Å². The lowest BCUT2D eigenvalue weighted by Crippen LogP contribution is -2.71. The Bertz CT molecular complexity index is 1520. The van der Waals surface area contributed by atoms with Crippen LogP contribution in [0.5, 0.6) is 0 Å². The van der Waals surface area contributed by atoms with Gasteiger partial charge in [0, 0.05) is 0 Å². The van der Waals surface area contributed by atoms with E-state index in [9.17, 15) is 71.5 Å². The number of aliphatic hydroxyl groups excluding tert-OH is 14. The van der Waals surface area contributed by atoms with E-state index in [-0.39, 0.29) is 0 Å². The van der Waals surface area contributed by atoms with Crippen LogP contribution in [0.2, 0.25) is 0 Å². The van der Waals surface area contributed by atoms with Crippen LogP contribution in [0.4, 0.5) is 0 Å². The van der Waals surface area contributed by atoms with Crippen LogP contribution in [0.3, 0.4) is 0 Å². The Kier molecular flexibility index (Phi) is 19.4. The van der Waals surface area contributed by atoms with Crippen molar-refractivity contribution in [3.8, 4) is 0 Å². The summed E-state index contributed by atoms with van der Waals surface area (Å²) in [4.78, 5) is 0. The first-order valence-electron chi connectivity index (χ1n) is 21.6. The maximum atomic E-state index is 11.4. The monoisotopic (exact) mass is 984 g/mol. The molecule has 0 radical (unpaired) electrons. The van der Waals surface area contributed by atoms with Gasteiger partial charge in [-0.2, -0.15) is 0 Å². The number of hydrogen-bond donors (Lipinski definition) is 20. The fourth-order valence-corrected chi connectivity index (χ4v) is 8.78. The molecule has 0 aromatic heterocycles. The van der Waals surface area contributed by atoms with Gasteiger partial charge in [-0.25, -0.2) is 0 Å². The molecule has 30 atom stereocenters. The third-order valence-electron chi connectivity index (χ3n) is 12.9. The summed E-state index contributed by atoms with van der Waals surface area (Å²) in [5.41, 5.74) is 36.9. The van der Waals surface area contributed by atoms with E-state index in [1.807, 2.05) is 0 Å². The van der Waals surface area contributed by atoms with Crippen molar-refractivity contribution in [2.24, 2.45) is 34.4 Å². The molecule has 26 N–H and O–H groups in total. The van der Waals surface area contributed by atoms with Crippen LogP contribution < -0.4 is 34.4 Å². The molecule has 0 spiro atoms. The summed E-state index contributed by atoms with van der Waals surface area (Å²) < 4.78 is 63.1. The molecule has 6 fully saturated rings. The van der Waals surface area contributed by atoms with Crippen molar-refractivity contribution >= 4 is 0 Å². The Morgan fingerprint density at radius 3 is 0.731 bits per heavy atom. The van der Waals surface area contributed by atoms with E-state index in [0.29, 0.717) is 0 Å². The van der Waals surface area contributed by atoms with Crippen molar-refractivity contribution in [1.29, 1.82) is 0 Å². The lowest BCUT2D eigenvalue weighted by molar-refractivity contribution is -0.367. The molecule has 6 aliphatic heterocycles. The van der Waals surface area contributed by atoms with Crippen LogP contribution in [0.1, 0.15) is 0 Å². The second-order valence-corrected chi connectivity index (χ2v) is 17.3. The van der Waals surface area contributed by atoms with Gasteiger partial charge < -0.3 is 158 Å². The van der Waals surface area contributed by atoms with Gasteiger partial charge in [0.15, 0.2) is 37.7 Å². The van der Waals surface area contributed by atoms with Gasteiger partial charge in [-0.05, 0) is 0 Å². The van der Waals surface area contributed by atoms with Crippen LogP contribution in [0.15, 0.2) is 0 Å². The van der Waals surface area contributed by atoms with Gasteiger partial charge in [-0.1, -0.05) is 0 Å². The quantitative estimate of drug-likeness (QED) is 0.0683. The number of hydrogen-bond acceptors (Lipinski definition) is 31. The van der Waals surface area contributed by atoms with Gasteiger partial charge in [0.2, 0.25) is 0 Å². The van der Waals surface area contributed by atoms with E-state index in [0.717, 1.165) is 0 Å². The van der Waals surface area contributed by atoms with E-state index < -0.39 is 224 Å². The number of ether oxygens (including phenoxy) is 11. The van der Waals surface area contributed by atoms with E-state index in [2.05, 4.69) is 0 Å². The van der Waals surface area contributed by atoms with Crippen molar-refractivity contribution in [3.63, 3.8) is 0 Å². The van der Waals surface area contributed by atoms with Crippen molar-refractivity contribution in [1.82, 2.24) is 0 Å². The molecule has 1 unspecified atom stereocenters. The third kappa shape index (κ3) is 11.2. The topological polar surface area (TPSA) is 541 Å². The molecule has 6 saturated heterocycles. The second kappa shape index (κ2) is 23.5. The lowest BCUT2D eigenvalue weighted by Gasteiger charge is -2.50. The summed E-state index contributed by atoms with van der Waals surface area (Å²) in [5.74, 6) is 0. The van der Waals surface area contributed by atoms with E-state index in [1.54, 1.807) is 0 Å². The molecule has 0 aromatic carbocycles. The van der Waals surface area contributed by atoms with E-state index in [4.69, 9.17) is 86.5 Å². The molecule has 67 heavy (non-hydrogen) atoms. The summed E-state index contributed by atoms with van der Waals surface area (Å²) in [5, 5.41) is 147. The minimum absolute atomic E-state index is 0.728. The Morgan fingerprint density at radius 1 is 0.269 bits per heavy atom. The highest BCUT2D eigenvalue weighted by Crippen LogP contribution is 2.35. The van der Waals surface area contributed by atoms with Crippen molar-refractivity contribution in [2.75, 3.05) is 39.6 Å². The molecule has 0 bridgehead atoms. The molecule has 0 aromatic rings. The zero-order valence-electron chi connectivity index (χ0n) is 35.8. The van der Waals surface area contributed by atoms with Crippen LogP contribution in [0.25, 0.3) is 0 Å². The molecule has 392 valence electrons. The molecule has 31 nitrogen and oxygen atoms in total. The van der Waals surface area contributed by atoms with Crippen LogP contribution in [-0.2, 0) is 52.1 Å². The minimum atomic E-state index is -1.79. The highest BCUT2D eigenvalue weighted by molar-refractivity contribution is 5.02. The fourth-order valence-electron chi connectivity index (χ4n) is 8.78. The first-order valence-corrected chi connectivity index (χ1v) is 21.6. The van der Waals surface area contributed by atoms with Gasteiger partial charge in [0.1, 0.15) is 110 Å². The lowest BCUT2D eigenvalue weighted by atomic mass is 9.93. The Hall–Kier alpha value is -1.24. The highest BCUT2D eigenvalue weighted by Gasteiger charge is 2.56. The Balaban J connectivity index is 1.07. The average Bonchev–Trinajstić information content (AvgIpc) is 3.32. The molecular weight excluding hydrogens is 916 g/mol. The fraction of sp³-hybridized carbons (Fsp3) is 1.00. The van der Waals surface area contributed by atoms with Crippen LogP contribution in [-0.4, -0.2) is 295 Å². The van der Waals surface area contributed by atoms with Gasteiger partial charge in [-0.3, -0.25) is 0 Å². The summed E-state index contributed by atoms with van der Waals surface area (Å²) in [6, 6.07) is -8.85. The average molecular weight is 985 g/mol. The molecule has 0 aliphatic carbocycles. The zero-order chi connectivity index (χ0) is 49.3. The Morgan fingerprint density at radius 2 is 0.478 bits per heavy atom. The van der Waals surface area contributed by atoms with Gasteiger partial charge in [-0.15, -0.1) is 0 Å².